The van der Waals surface area contributed by atoms with E-state index in [1.165, 1.54) is 0 Å². The summed E-state index contributed by atoms with van der Waals surface area (Å²) >= 11 is 0. The minimum absolute atomic E-state index is 0.0372. The maximum absolute atomic E-state index is 13.4. The summed E-state index contributed by atoms with van der Waals surface area (Å²) in [6.07, 6.45) is 1.99. The van der Waals surface area contributed by atoms with Crippen LogP contribution in [0.4, 0.5) is 0 Å². The SMILES string of the molecule is Cc1cc2c(c(=O)n1C[C@H]1CCCO1)[C@@H](c1ccccc1)C(C#N)=C(N)O2. The van der Waals surface area contributed by atoms with E-state index < -0.39 is 5.92 Å². The second kappa shape index (κ2) is 6.93. The second-order valence-corrected chi connectivity index (χ2v) is 6.95. The molecule has 138 valence electrons. The van der Waals surface area contributed by atoms with Crippen LogP contribution in [0.15, 0.2) is 52.6 Å². The summed E-state index contributed by atoms with van der Waals surface area (Å²) < 4.78 is 13.1. The summed E-state index contributed by atoms with van der Waals surface area (Å²) in [6.45, 7) is 3.11. The van der Waals surface area contributed by atoms with Crippen molar-refractivity contribution < 1.29 is 9.47 Å². The number of rotatable bonds is 3. The quantitative estimate of drug-likeness (QED) is 0.905. The number of nitrogens with two attached hydrogens (primary N) is 1. The van der Waals surface area contributed by atoms with E-state index in [2.05, 4.69) is 6.07 Å². The average Bonchev–Trinajstić information content (AvgIpc) is 3.18. The van der Waals surface area contributed by atoms with Gasteiger partial charge in [0.25, 0.3) is 5.56 Å². The van der Waals surface area contributed by atoms with Crippen LogP contribution < -0.4 is 16.0 Å². The Bertz CT molecular complexity index is 996. The van der Waals surface area contributed by atoms with Gasteiger partial charge in [0, 0.05) is 18.4 Å². The molecule has 3 heterocycles. The zero-order valence-electron chi connectivity index (χ0n) is 15.1. The van der Waals surface area contributed by atoms with E-state index in [0.717, 1.165) is 30.7 Å². The summed E-state index contributed by atoms with van der Waals surface area (Å²) in [5.74, 6) is -0.0650. The first kappa shape index (κ1) is 17.4. The van der Waals surface area contributed by atoms with Gasteiger partial charge in [-0.1, -0.05) is 30.3 Å². The molecule has 2 aliphatic heterocycles. The Hall–Kier alpha value is -3.04. The molecule has 0 saturated carbocycles. The number of hydrogen-bond acceptors (Lipinski definition) is 5. The van der Waals surface area contributed by atoms with Gasteiger partial charge >= 0.3 is 0 Å². The normalized spacial score (nSPS) is 21.5. The van der Waals surface area contributed by atoms with E-state index in [-0.39, 0.29) is 23.1 Å². The largest absolute Gasteiger partial charge is 0.440 e. The van der Waals surface area contributed by atoms with Gasteiger partial charge in [0.15, 0.2) is 0 Å². The fourth-order valence-corrected chi connectivity index (χ4v) is 3.88. The zero-order valence-corrected chi connectivity index (χ0v) is 15.1. The van der Waals surface area contributed by atoms with E-state index in [1.54, 1.807) is 4.57 Å². The van der Waals surface area contributed by atoms with Crippen LogP contribution in [0.2, 0.25) is 0 Å². The predicted octanol–water partition coefficient (Wildman–Crippen LogP) is 2.55. The Morgan fingerprint density at radius 1 is 1.33 bits per heavy atom. The first-order valence-corrected chi connectivity index (χ1v) is 9.08. The smallest absolute Gasteiger partial charge is 0.258 e. The zero-order chi connectivity index (χ0) is 19.0. The lowest BCUT2D eigenvalue weighted by molar-refractivity contribution is 0.0955. The molecule has 2 aliphatic rings. The van der Waals surface area contributed by atoms with Crippen molar-refractivity contribution in [2.75, 3.05) is 6.61 Å². The molecule has 6 heteroatoms. The number of benzene rings is 1. The molecule has 1 fully saturated rings. The summed E-state index contributed by atoms with van der Waals surface area (Å²) in [4.78, 5) is 13.4. The molecule has 1 aromatic heterocycles. The summed E-state index contributed by atoms with van der Waals surface area (Å²) in [7, 11) is 0. The van der Waals surface area contributed by atoms with Crippen molar-refractivity contribution in [3.05, 3.63) is 75.0 Å². The van der Waals surface area contributed by atoms with Crippen LogP contribution in [0.3, 0.4) is 0 Å². The molecule has 6 nitrogen and oxygen atoms in total. The van der Waals surface area contributed by atoms with Gasteiger partial charge < -0.3 is 19.8 Å². The molecule has 2 aromatic rings. The number of ether oxygens (including phenoxy) is 2. The third-order valence-electron chi connectivity index (χ3n) is 5.23. The second-order valence-electron chi connectivity index (χ2n) is 6.95. The van der Waals surface area contributed by atoms with Gasteiger partial charge in [0.1, 0.15) is 17.4 Å². The number of allylic oxidation sites excluding steroid dienone is 1. The predicted molar refractivity (Wildman–Crippen MR) is 100 cm³/mol. The monoisotopic (exact) mass is 363 g/mol. The van der Waals surface area contributed by atoms with Gasteiger partial charge in [0.05, 0.1) is 24.1 Å². The standard InChI is InChI=1S/C21H21N3O3/c1-13-10-17-19(21(25)24(13)12-15-8-5-9-26-15)18(14-6-3-2-4-7-14)16(11-22)20(23)27-17/h2-4,6-7,10,15,18H,5,8-9,12,23H2,1H3/t15-,18+/m1/s1. The van der Waals surface area contributed by atoms with Gasteiger partial charge in [-0.2, -0.15) is 5.26 Å². The highest BCUT2D eigenvalue weighted by molar-refractivity contribution is 5.55. The van der Waals surface area contributed by atoms with Crippen LogP contribution in [0.1, 0.15) is 35.6 Å². The first-order valence-electron chi connectivity index (χ1n) is 9.08. The van der Waals surface area contributed by atoms with Crippen LogP contribution in [0.25, 0.3) is 0 Å². The number of aromatic nitrogens is 1. The van der Waals surface area contributed by atoms with Gasteiger partial charge in [-0.25, -0.2) is 0 Å². The molecule has 1 aromatic carbocycles. The minimum Gasteiger partial charge on any atom is -0.440 e. The molecular formula is C21H21N3O3. The molecule has 1 saturated heterocycles. The lowest BCUT2D eigenvalue weighted by Gasteiger charge is -2.27. The van der Waals surface area contributed by atoms with Crippen LogP contribution in [0, 0.1) is 18.3 Å². The number of nitriles is 1. The van der Waals surface area contributed by atoms with E-state index in [4.69, 9.17) is 15.2 Å². The van der Waals surface area contributed by atoms with Crippen LogP contribution in [-0.4, -0.2) is 17.3 Å². The van der Waals surface area contributed by atoms with E-state index >= 15 is 0 Å². The highest BCUT2D eigenvalue weighted by Gasteiger charge is 2.34. The highest BCUT2D eigenvalue weighted by Crippen LogP contribution is 2.40. The number of nitrogens with zero attached hydrogens (tertiary/aromatic N) is 2. The van der Waals surface area contributed by atoms with Gasteiger partial charge in [-0.05, 0) is 25.3 Å². The Kier molecular flexibility index (Phi) is 4.46. The van der Waals surface area contributed by atoms with Crippen LogP contribution in [0.5, 0.6) is 5.75 Å². The topological polar surface area (TPSA) is 90.3 Å². The fourth-order valence-electron chi connectivity index (χ4n) is 3.88. The van der Waals surface area contributed by atoms with E-state index in [9.17, 15) is 10.1 Å². The summed E-state index contributed by atoms with van der Waals surface area (Å²) in [5.41, 5.74) is 8.19. The number of aryl methyl sites for hydroxylation is 1. The third kappa shape index (κ3) is 3.00. The molecule has 0 unspecified atom stereocenters. The third-order valence-corrected chi connectivity index (χ3v) is 5.23. The number of pyridine rings is 1. The van der Waals surface area contributed by atoms with Crippen molar-refractivity contribution in [1.82, 2.24) is 4.57 Å². The Morgan fingerprint density at radius 2 is 2.11 bits per heavy atom. The molecule has 0 bridgehead atoms. The minimum atomic E-state index is -0.538. The summed E-state index contributed by atoms with van der Waals surface area (Å²) in [6, 6.07) is 13.4. The van der Waals surface area contributed by atoms with Crippen LogP contribution in [-0.2, 0) is 11.3 Å². The molecule has 2 N–H and O–H groups in total. The van der Waals surface area contributed by atoms with Crippen molar-refractivity contribution >= 4 is 0 Å². The molecule has 0 amide bonds. The lowest BCUT2D eigenvalue weighted by Crippen LogP contribution is -2.35. The van der Waals surface area contributed by atoms with Crippen molar-refractivity contribution in [2.45, 2.75) is 38.3 Å². The van der Waals surface area contributed by atoms with Gasteiger partial charge in [-0.15, -0.1) is 0 Å². The fraction of sp³-hybridized carbons (Fsp3) is 0.333. The maximum Gasteiger partial charge on any atom is 0.258 e. The number of fused-ring (bicyclic) bond motifs is 1. The van der Waals surface area contributed by atoms with Crippen molar-refractivity contribution in [3.63, 3.8) is 0 Å². The Balaban J connectivity index is 1.89. The highest BCUT2D eigenvalue weighted by atomic mass is 16.5. The van der Waals surface area contributed by atoms with E-state index in [1.807, 2.05) is 43.3 Å². The van der Waals surface area contributed by atoms with Gasteiger partial charge in [0.2, 0.25) is 5.88 Å². The maximum atomic E-state index is 13.4. The van der Waals surface area contributed by atoms with Crippen LogP contribution >= 0.6 is 0 Å². The molecule has 27 heavy (non-hydrogen) atoms. The van der Waals surface area contributed by atoms with Crippen molar-refractivity contribution in [2.24, 2.45) is 5.73 Å². The average molecular weight is 363 g/mol. The molecular weight excluding hydrogens is 342 g/mol. The molecule has 2 atom stereocenters. The first-order chi connectivity index (χ1) is 13.1. The Morgan fingerprint density at radius 3 is 2.78 bits per heavy atom. The molecule has 0 spiro atoms. The van der Waals surface area contributed by atoms with Gasteiger partial charge in [-0.3, -0.25) is 4.79 Å². The molecule has 0 radical (unpaired) electrons. The van der Waals surface area contributed by atoms with Crippen molar-refractivity contribution in [3.8, 4) is 11.8 Å². The molecule has 4 rings (SSSR count). The molecule has 0 aliphatic carbocycles. The Labute approximate surface area is 157 Å². The van der Waals surface area contributed by atoms with E-state index in [0.29, 0.717) is 17.9 Å². The summed E-state index contributed by atoms with van der Waals surface area (Å²) in [5, 5.41) is 9.67. The van der Waals surface area contributed by atoms with Crippen molar-refractivity contribution in [1.29, 1.82) is 5.26 Å². The lowest BCUT2D eigenvalue weighted by atomic mass is 9.84. The number of hydrogen-bond donors (Lipinski definition) is 1.